The first-order valence-corrected chi connectivity index (χ1v) is 3.01. The summed E-state index contributed by atoms with van der Waals surface area (Å²) in [4.78, 5) is 0. The predicted molar refractivity (Wildman–Crippen MR) is 33.0 cm³/mol. The van der Waals surface area contributed by atoms with Gasteiger partial charge in [-0.1, -0.05) is 0 Å². The van der Waals surface area contributed by atoms with Gasteiger partial charge in [0.25, 0.3) is 5.92 Å². The average molecular weight is 166 g/mol. The molecule has 0 aromatic rings. The van der Waals surface area contributed by atoms with E-state index in [2.05, 4.69) is 0 Å². The monoisotopic (exact) mass is 166 g/mol. The zero-order chi connectivity index (χ0) is 8.54. The van der Waals surface area contributed by atoms with Gasteiger partial charge >= 0.3 is 0 Å². The van der Waals surface area contributed by atoms with Gasteiger partial charge in [-0.2, -0.15) is 8.78 Å². The van der Waals surface area contributed by atoms with Crippen LogP contribution < -0.4 is 0 Å². The highest BCUT2D eigenvalue weighted by atomic mass is 19.3. The van der Waals surface area contributed by atoms with E-state index in [0.29, 0.717) is 24.3 Å². The second kappa shape index (κ2) is 2.36. The first-order valence-electron chi connectivity index (χ1n) is 3.01. The molecule has 0 nitrogen and oxygen atoms in total. The van der Waals surface area contributed by atoms with E-state index in [1.165, 1.54) is 0 Å². The van der Waals surface area contributed by atoms with E-state index in [-0.39, 0.29) is 0 Å². The maximum Gasteiger partial charge on any atom is 0.285 e. The third-order valence-electron chi connectivity index (χ3n) is 1.37. The van der Waals surface area contributed by atoms with Crippen LogP contribution in [0.3, 0.4) is 0 Å². The predicted octanol–water partition coefficient (Wildman–Crippen LogP) is 2.43. The highest BCUT2D eigenvalue weighted by molar-refractivity contribution is 5.26. The Kier molecular flexibility index (Phi) is 1.78. The van der Waals surface area contributed by atoms with Crippen molar-refractivity contribution in [3.8, 4) is 0 Å². The van der Waals surface area contributed by atoms with Gasteiger partial charge in [0.1, 0.15) is 6.67 Å². The van der Waals surface area contributed by atoms with Gasteiger partial charge in [0, 0.05) is 0 Å². The van der Waals surface area contributed by atoms with Crippen molar-refractivity contribution in [3.63, 3.8) is 0 Å². The van der Waals surface area contributed by atoms with Crippen LogP contribution in [0.15, 0.2) is 24.3 Å². The summed E-state index contributed by atoms with van der Waals surface area (Å²) in [5.41, 5.74) is -2.33. The molecule has 0 N–H and O–H groups in total. The fourth-order valence-electron chi connectivity index (χ4n) is 0.699. The van der Waals surface area contributed by atoms with Crippen LogP contribution in [-0.2, 0) is 0 Å². The molecule has 0 aromatic heterocycles. The quantitative estimate of drug-likeness (QED) is 0.414. The Labute approximate surface area is 61.2 Å². The number of hydrogen-bond donors (Lipinski definition) is 0. The molecule has 0 spiro atoms. The molecule has 0 saturated carbocycles. The van der Waals surface area contributed by atoms with E-state index in [0.717, 1.165) is 0 Å². The van der Waals surface area contributed by atoms with Gasteiger partial charge in [-0.05, 0) is 24.3 Å². The van der Waals surface area contributed by atoms with E-state index in [1.807, 2.05) is 0 Å². The first-order chi connectivity index (χ1) is 4.97. The molecule has 0 fully saturated rings. The molecule has 0 radical (unpaired) electrons. The fourth-order valence-corrected chi connectivity index (χ4v) is 0.699. The van der Waals surface area contributed by atoms with E-state index >= 15 is 0 Å². The molecule has 0 saturated heterocycles. The average Bonchev–Trinajstić information content (AvgIpc) is 1.97. The Morgan fingerprint density at radius 2 is 1.36 bits per heavy atom. The molecule has 0 atom stereocenters. The molecule has 0 bridgehead atoms. The van der Waals surface area contributed by atoms with Gasteiger partial charge in [-0.25, -0.2) is 8.78 Å². The number of alkyl halides is 4. The first kappa shape index (κ1) is 8.30. The van der Waals surface area contributed by atoms with Crippen molar-refractivity contribution in [3.05, 3.63) is 24.3 Å². The molecule has 1 aliphatic rings. The van der Waals surface area contributed by atoms with Crippen molar-refractivity contribution in [1.29, 1.82) is 0 Å². The molecule has 11 heavy (non-hydrogen) atoms. The van der Waals surface area contributed by atoms with Crippen LogP contribution in [0.5, 0.6) is 0 Å². The summed E-state index contributed by atoms with van der Waals surface area (Å²) in [7, 11) is 0. The third-order valence-corrected chi connectivity index (χ3v) is 1.37. The Balaban J connectivity index is 2.79. The SMILES string of the molecule is FCC1(F)C=CC(F)(F)C=C1. The number of hydrogen-bond acceptors (Lipinski definition) is 0. The van der Waals surface area contributed by atoms with Gasteiger partial charge in [0.05, 0.1) is 0 Å². The van der Waals surface area contributed by atoms with Crippen molar-refractivity contribution < 1.29 is 17.6 Å². The second-order valence-electron chi connectivity index (χ2n) is 2.40. The molecule has 0 aromatic carbocycles. The summed E-state index contributed by atoms with van der Waals surface area (Å²) in [6, 6.07) is 0. The summed E-state index contributed by atoms with van der Waals surface area (Å²) >= 11 is 0. The molecule has 1 aliphatic carbocycles. The summed E-state index contributed by atoms with van der Waals surface area (Å²) in [6.45, 7) is -1.31. The lowest BCUT2D eigenvalue weighted by atomic mass is 10.00. The summed E-state index contributed by atoms with van der Waals surface area (Å²) < 4.78 is 49.0. The van der Waals surface area contributed by atoms with Gasteiger partial charge in [0.15, 0.2) is 5.67 Å². The van der Waals surface area contributed by atoms with Crippen LogP contribution >= 0.6 is 0 Å². The Hall–Kier alpha value is -0.800. The minimum absolute atomic E-state index is 0.354. The van der Waals surface area contributed by atoms with Crippen LogP contribution in [-0.4, -0.2) is 18.3 Å². The molecule has 0 unspecified atom stereocenters. The second-order valence-corrected chi connectivity index (χ2v) is 2.40. The molecule has 1 rings (SSSR count). The molecule has 4 heteroatoms. The van der Waals surface area contributed by atoms with Crippen molar-refractivity contribution in [2.45, 2.75) is 11.6 Å². The van der Waals surface area contributed by atoms with E-state index in [9.17, 15) is 17.6 Å². The van der Waals surface area contributed by atoms with Gasteiger partial charge < -0.3 is 0 Å². The van der Waals surface area contributed by atoms with Gasteiger partial charge in [-0.3, -0.25) is 0 Å². The van der Waals surface area contributed by atoms with E-state index < -0.39 is 18.3 Å². The normalized spacial score (nSPS) is 25.5. The lowest BCUT2D eigenvalue weighted by molar-refractivity contribution is 0.100. The Bertz CT molecular complexity index is 188. The van der Waals surface area contributed by atoms with Crippen molar-refractivity contribution in [2.75, 3.05) is 6.67 Å². The zero-order valence-corrected chi connectivity index (χ0v) is 5.53. The summed E-state index contributed by atoms with van der Waals surface area (Å²) in [5, 5.41) is 0. The van der Waals surface area contributed by atoms with Crippen LogP contribution in [0.25, 0.3) is 0 Å². The molecule has 0 heterocycles. The highest BCUT2D eigenvalue weighted by Crippen LogP contribution is 2.28. The minimum Gasteiger partial charge on any atom is -0.247 e. The third kappa shape index (κ3) is 1.82. The Morgan fingerprint density at radius 1 is 0.909 bits per heavy atom. The summed E-state index contributed by atoms with van der Waals surface area (Å²) in [6.07, 6.45) is 1.78. The smallest absolute Gasteiger partial charge is 0.247 e. The zero-order valence-electron chi connectivity index (χ0n) is 5.53. The maximum atomic E-state index is 12.8. The van der Waals surface area contributed by atoms with E-state index in [4.69, 9.17) is 0 Å². The van der Waals surface area contributed by atoms with E-state index in [1.54, 1.807) is 0 Å². The summed E-state index contributed by atoms with van der Waals surface area (Å²) in [5.74, 6) is -3.13. The van der Waals surface area contributed by atoms with Crippen molar-refractivity contribution in [1.82, 2.24) is 0 Å². The molecule has 0 amide bonds. The fraction of sp³-hybridized carbons (Fsp3) is 0.429. The molecule has 62 valence electrons. The largest absolute Gasteiger partial charge is 0.285 e. The standard InChI is InChI=1S/C7H6F4/c8-5-6(9)1-3-7(10,11)4-2-6/h1-4H,5H2. The maximum absolute atomic E-state index is 12.8. The van der Waals surface area contributed by atoms with Crippen LogP contribution in [0.1, 0.15) is 0 Å². The van der Waals surface area contributed by atoms with Crippen molar-refractivity contribution in [2.24, 2.45) is 0 Å². The van der Waals surface area contributed by atoms with Crippen molar-refractivity contribution >= 4 is 0 Å². The minimum atomic E-state index is -3.13. The highest BCUT2D eigenvalue weighted by Gasteiger charge is 2.33. The lowest BCUT2D eigenvalue weighted by Crippen LogP contribution is -2.26. The van der Waals surface area contributed by atoms with Gasteiger partial charge in [-0.15, -0.1) is 0 Å². The van der Waals surface area contributed by atoms with Crippen LogP contribution in [0.4, 0.5) is 17.6 Å². The Morgan fingerprint density at radius 3 is 1.73 bits per heavy atom. The number of allylic oxidation sites excluding steroid dienone is 4. The molecular weight excluding hydrogens is 160 g/mol. The molecular formula is C7H6F4. The van der Waals surface area contributed by atoms with Crippen LogP contribution in [0, 0.1) is 0 Å². The van der Waals surface area contributed by atoms with Gasteiger partial charge in [0.2, 0.25) is 0 Å². The number of halogens is 4. The molecule has 0 aliphatic heterocycles. The van der Waals surface area contributed by atoms with Crippen LogP contribution in [0.2, 0.25) is 0 Å². The topological polar surface area (TPSA) is 0 Å². The number of rotatable bonds is 1. The lowest BCUT2D eigenvalue weighted by Gasteiger charge is -2.19.